The van der Waals surface area contributed by atoms with Crippen LogP contribution >= 0.6 is 11.8 Å². The van der Waals surface area contributed by atoms with Crippen LogP contribution < -0.4 is 30.2 Å². The number of nitrogens with one attached hydrogen (secondary N) is 3. The van der Waals surface area contributed by atoms with Crippen LogP contribution in [0.3, 0.4) is 0 Å². The molecule has 3 amide bonds. The lowest BCUT2D eigenvalue weighted by molar-refractivity contribution is -0.114. The predicted molar refractivity (Wildman–Crippen MR) is 183 cm³/mol. The lowest BCUT2D eigenvalue weighted by Gasteiger charge is -2.13. The van der Waals surface area contributed by atoms with Gasteiger partial charge in [-0.25, -0.2) is 0 Å². The van der Waals surface area contributed by atoms with E-state index in [0.717, 1.165) is 23.5 Å². The maximum absolute atomic E-state index is 13.5. The third-order valence-electron chi connectivity index (χ3n) is 6.65. The minimum atomic E-state index is -0.532. The minimum Gasteiger partial charge on any atom is -0.497 e. The molecule has 0 radical (unpaired) electrons. The number of hydrogen-bond donors (Lipinski definition) is 3. The highest BCUT2D eigenvalue weighted by atomic mass is 32.2. The van der Waals surface area contributed by atoms with Gasteiger partial charge in [-0.15, -0.1) is 11.8 Å². The SMILES string of the molecule is CCCCOc1ccc(NC(=O)CSc2ccc(NC(=O)/C(=C/c3cc(OC)ccc3OC)NC(=O)c3ccccc3)cc2)cc1. The Morgan fingerprint density at radius 3 is 2.13 bits per heavy atom. The molecule has 238 valence electrons. The fourth-order valence-electron chi connectivity index (χ4n) is 4.20. The van der Waals surface area contributed by atoms with Gasteiger partial charge in [0.05, 0.1) is 26.6 Å². The number of carbonyl (C=O) groups excluding carboxylic acids is 3. The molecule has 46 heavy (non-hydrogen) atoms. The van der Waals surface area contributed by atoms with E-state index in [1.54, 1.807) is 60.7 Å². The maximum atomic E-state index is 13.5. The number of anilines is 2. The molecular formula is C36H37N3O6S. The molecule has 0 fully saturated rings. The van der Waals surface area contributed by atoms with Crippen molar-refractivity contribution in [1.29, 1.82) is 0 Å². The molecular weight excluding hydrogens is 602 g/mol. The maximum Gasteiger partial charge on any atom is 0.272 e. The molecule has 0 spiro atoms. The van der Waals surface area contributed by atoms with E-state index < -0.39 is 11.8 Å². The van der Waals surface area contributed by atoms with Crippen molar-refractivity contribution >= 4 is 46.9 Å². The smallest absolute Gasteiger partial charge is 0.272 e. The van der Waals surface area contributed by atoms with E-state index in [1.165, 1.54) is 32.1 Å². The largest absolute Gasteiger partial charge is 0.497 e. The summed E-state index contributed by atoms with van der Waals surface area (Å²) in [6.45, 7) is 2.78. The molecule has 0 heterocycles. The first-order valence-electron chi connectivity index (χ1n) is 14.8. The standard InChI is InChI=1S/C36H37N3O6S/c1-4-5-21-45-29-15-11-27(12-16-29)37-34(40)24-46-31-18-13-28(14-19-31)38-36(42)32(39-35(41)25-9-7-6-8-10-25)23-26-22-30(43-2)17-20-33(26)44-3/h6-20,22-23H,4-5,21,24H2,1-3H3,(H,37,40)(H,38,42)(H,39,41)/b32-23-. The van der Waals surface area contributed by atoms with Gasteiger partial charge < -0.3 is 30.2 Å². The highest BCUT2D eigenvalue weighted by Gasteiger charge is 2.17. The first-order valence-corrected chi connectivity index (χ1v) is 15.7. The normalized spacial score (nSPS) is 10.9. The van der Waals surface area contributed by atoms with Gasteiger partial charge in [0.2, 0.25) is 5.91 Å². The molecule has 10 heteroatoms. The summed E-state index contributed by atoms with van der Waals surface area (Å²) in [4.78, 5) is 39.8. The molecule has 3 N–H and O–H groups in total. The van der Waals surface area contributed by atoms with E-state index >= 15 is 0 Å². The molecule has 0 saturated heterocycles. The summed E-state index contributed by atoms with van der Waals surface area (Å²) < 4.78 is 16.5. The molecule has 0 aliphatic carbocycles. The van der Waals surface area contributed by atoms with Crippen LogP contribution in [0.4, 0.5) is 11.4 Å². The summed E-state index contributed by atoms with van der Waals surface area (Å²) in [5, 5.41) is 8.45. The van der Waals surface area contributed by atoms with Crippen LogP contribution in [0.15, 0.2) is 108 Å². The summed E-state index contributed by atoms with van der Waals surface area (Å²) in [6, 6.07) is 28.2. The van der Waals surface area contributed by atoms with Crippen LogP contribution in [-0.2, 0) is 9.59 Å². The van der Waals surface area contributed by atoms with Crippen molar-refractivity contribution in [3.63, 3.8) is 0 Å². The van der Waals surface area contributed by atoms with Gasteiger partial charge in [-0.1, -0.05) is 31.5 Å². The Bertz CT molecular complexity index is 1640. The van der Waals surface area contributed by atoms with Gasteiger partial charge in [-0.05, 0) is 91.4 Å². The Morgan fingerprint density at radius 2 is 1.46 bits per heavy atom. The number of methoxy groups -OCH3 is 2. The summed E-state index contributed by atoms with van der Waals surface area (Å²) in [5.41, 5.74) is 2.16. The molecule has 0 aliphatic heterocycles. The van der Waals surface area contributed by atoms with Crippen LogP contribution in [0, 0.1) is 0 Å². The van der Waals surface area contributed by atoms with Crippen molar-refractivity contribution < 1.29 is 28.6 Å². The zero-order chi connectivity index (χ0) is 32.7. The zero-order valence-corrected chi connectivity index (χ0v) is 26.8. The summed E-state index contributed by atoms with van der Waals surface area (Å²) in [5.74, 6) is 0.933. The average molecular weight is 640 g/mol. The number of amides is 3. The first-order chi connectivity index (χ1) is 22.4. The van der Waals surface area contributed by atoms with Crippen LogP contribution in [0.1, 0.15) is 35.7 Å². The molecule has 0 bridgehead atoms. The molecule has 0 atom stereocenters. The number of rotatable bonds is 15. The molecule has 4 aromatic rings. The average Bonchev–Trinajstić information content (AvgIpc) is 3.08. The fourth-order valence-corrected chi connectivity index (χ4v) is 4.90. The van der Waals surface area contributed by atoms with Crippen molar-refractivity contribution in [2.24, 2.45) is 0 Å². The van der Waals surface area contributed by atoms with Gasteiger partial charge in [0.25, 0.3) is 11.8 Å². The van der Waals surface area contributed by atoms with Gasteiger partial charge in [0, 0.05) is 27.4 Å². The second-order valence-corrected chi connectivity index (χ2v) is 11.1. The lowest BCUT2D eigenvalue weighted by atomic mass is 10.1. The second-order valence-electron chi connectivity index (χ2n) is 10.0. The summed E-state index contributed by atoms with van der Waals surface area (Å²) in [6.07, 6.45) is 3.60. The van der Waals surface area contributed by atoms with E-state index in [0.29, 0.717) is 40.6 Å². The van der Waals surface area contributed by atoms with E-state index in [-0.39, 0.29) is 17.4 Å². The van der Waals surface area contributed by atoms with Crippen LogP contribution in [0.2, 0.25) is 0 Å². The Kier molecular flexibility index (Phi) is 12.7. The van der Waals surface area contributed by atoms with Crippen molar-refractivity contribution in [3.05, 3.63) is 114 Å². The Morgan fingerprint density at radius 1 is 0.783 bits per heavy atom. The van der Waals surface area contributed by atoms with Gasteiger partial charge >= 0.3 is 0 Å². The molecule has 0 aromatic heterocycles. The highest BCUT2D eigenvalue weighted by molar-refractivity contribution is 8.00. The second kappa shape index (κ2) is 17.3. The van der Waals surface area contributed by atoms with Crippen molar-refractivity contribution in [2.45, 2.75) is 24.7 Å². The van der Waals surface area contributed by atoms with Gasteiger partial charge in [-0.3, -0.25) is 14.4 Å². The number of ether oxygens (including phenoxy) is 3. The van der Waals surface area contributed by atoms with Gasteiger partial charge in [0.15, 0.2) is 0 Å². The van der Waals surface area contributed by atoms with Crippen LogP contribution in [0.5, 0.6) is 17.2 Å². The van der Waals surface area contributed by atoms with Gasteiger partial charge in [-0.2, -0.15) is 0 Å². The Hall–Kier alpha value is -5.22. The molecule has 0 unspecified atom stereocenters. The summed E-state index contributed by atoms with van der Waals surface area (Å²) in [7, 11) is 3.06. The topological polar surface area (TPSA) is 115 Å². The van der Waals surface area contributed by atoms with Crippen molar-refractivity contribution in [3.8, 4) is 17.2 Å². The molecule has 9 nitrogen and oxygen atoms in total. The molecule has 4 aromatic carbocycles. The molecule has 0 saturated carbocycles. The van der Waals surface area contributed by atoms with E-state index in [1.807, 2.05) is 36.4 Å². The number of benzene rings is 4. The first kappa shape index (κ1) is 33.7. The molecule has 4 rings (SSSR count). The monoisotopic (exact) mass is 639 g/mol. The van der Waals surface area contributed by atoms with E-state index in [9.17, 15) is 14.4 Å². The highest BCUT2D eigenvalue weighted by Crippen LogP contribution is 2.27. The number of hydrogen-bond acceptors (Lipinski definition) is 7. The van der Waals surface area contributed by atoms with Gasteiger partial charge in [0.1, 0.15) is 22.9 Å². The third kappa shape index (κ3) is 10.2. The number of carbonyl (C=O) groups is 3. The fraction of sp³-hybridized carbons (Fsp3) is 0.194. The van der Waals surface area contributed by atoms with Crippen molar-refractivity contribution in [2.75, 3.05) is 37.2 Å². The quantitative estimate of drug-likeness (QED) is 0.0727. The predicted octanol–water partition coefficient (Wildman–Crippen LogP) is 7.02. The third-order valence-corrected chi connectivity index (χ3v) is 7.66. The zero-order valence-electron chi connectivity index (χ0n) is 26.0. The number of unbranched alkanes of at least 4 members (excludes halogenated alkanes) is 1. The molecule has 0 aliphatic rings. The van der Waals surface area contributed by atoms with E-state index in [2.05, 4.69) is 22.9 Å². The van der Waals surface area contributed by atoms with Crippen LogP contribution in [0.25, 0.3) is 6.08 Å². The number of thioether (sulfide) groups is 1. The van der Waals surface area contributed by atoms with Crippen molar-refractivity contribution in [1.82, 2.24) is 5.32 Å². The Labute approximate surface area is 273 Å². The lowest BCUT2D eigenvalue weighted by Crippen LogP contribution is -2.30. The summed E-state index contributed by atoms with van der Waals surface area (Å²) >= 11 is 1.37. The Balaban J connectivity index is 1.39. The minimum absolute atomic E-state index is 0.0103. The van der Waals surface area contributed by atoms with E-state index in [4.69, 9.17) is 14.2 Å². The van der Waals surface area contributed by atoms with Crippen LogP contribution in [-0.4, -0.2) is 44.3 Å².